The van der Waals surface area contributed by atoms with Crippen molar-refractivity contribution in [2.24, 2.45) is 0 Å². The molecule has 33 heavy (non-hydrogen) atoms. The molecule has 1 atom stereocenters. The van der Waals surface area contributed by atoms with E-state index in [1.165, 1.54) is 12.0 Å². The topological polar surface area (TPSA) is 92.9 Å². The molecule has 1 aliphatic heterocycles. The zero-order valence-electron chi connectivity index (χ0n) is 17.8. The van der Waals surface area contributed by atoms with Crippen molar-refractivity contribution in [1.82, 2.24) is 9.88 Å². The smallest absolute Gasteiger partial charge is 0.290 e. The molecular weight excluding hydrogens is 420 g/mol. The van der Waals surface area contributed by atoms with Crippen LogP contribution in [0, 0.1) is 0 Å². The minimum atomic E-state index is -0.811. The number of furan rings is 1. The molecule has 0 radical (unpaired) electrons. The maximum absolute atomic E-state index is 13.6. The van der Waals surface area contributed by atoms with E-state index in [1.807, 2.05) is 30.3 Å². The first-order valence-corrected chi connectivity index (χ1v) is 10.4. The van der Waals surface area contributed by atoms with Gasteiger partial charge in [-0.05, 0) is 29.3 Å². The molecule has 3 heterocycles. The van der Waals surface area contributed by atoms with Crippen LogP contribution in [-0.4, -0.2) is 33.8 Å². The predicted octanol–water partition coefficient (Wildman–Crippen LogP) is 4.61. The first-order chi connectivity index (χ1) is 16.1. The van der Waals surface area contributed by atoms with Gasteiger partial charge in [0.25, 0.3) is 5.91 Å². The highest BCUT2D eigenvalue weighted by Gasteiger charge is 2.44. The Morgan fingerprint density at radius 3 is 2.67 bits per heavy atom. The van der Waals surface area contributed by atoms with E-state index in [0.717, 1.165) is 5.56 Å². The summed E-state index contributed by atoms with van der Waals surface area (Å²) in [5.74, 6) is -1.27. The van der Waals surface area contributed by atoms with Crippen molar-refractivity contribution in [1.29, 1.82) is 0 Å². The molecule has 0 fully saturated rings. The first kappa shape index (κ1) is 20.5. The number of methoxy groups -OCH3 is 1. The number of carbonyl (C=O) groups is 2. The molecule has 0 saturated carbocycles. The SMILES string of the molecule is COc1cccc2cc(C(=O)C3=C(O)C(=O)N(Cc4ccccc4)C3c3cccnc3)oc12. The summed E-state index contributed by atoms with van der Waals surface area (Å²) in [5.41, 5.74) is 1.87. The number of ketones is 1. The fourth-order valence-electron chi connectivity index (χ4n) is 4.15. The molecule has 1 amide bonds. The lowest BCUT2D eigenvalue weighted by atomic mass is 9.96. The number of fused-ring (bicyclic) bond motifs is 1. The second kappa shape index (κ2) is 8.27. The molecule has 7 heteroatoms. The highest BCUT2D eigenvalue weighted by atomic mass is 16.5. The van der Waals surface area contributed by atoms with Crippen LogP contribution in [0.25, 0.3) is 11.0 Å². The molecule has 1 aliphatic rings. The van der Waals surface area contributed by atoms with Gasteiger partial charge in [-0.25, -0.2) is 0 Å². The summed E-state index contributed by atoms with van der Waals surface area (Å²) in [6, 6.07) is 19.0. The summed E-state index contributed by atoms with van der Waals surface area (Å²) in [7, 11) is 1.52. The number of nitrogens with zero attached hydrogens (tertiary/aromatic N) is 2. The van der Waals surface area contributed by atoms with Crippen molar-refractivity contribution >= 4 is 22.7 Å². The number of aromatic nitrogens is 1. The lowest BCUT2D eigenvalue weighted by Crippen LogP contribution is -2.30. The van der Waals surface area contributed by atoms with E-state index in [0.29, 0.717) is 22.3 Å². The number of aliphatic hydroxyl groups excluding tert-OH is 1. The minimum Gasteiger partial charge on any atom is -0.503 e. The summed E-state index contributed by atoms with van der Waals surface area (Å²) >= 11 is 0. The molecule has 2 aromatic carbocycles. The molecule has 7 nitrogen and oxygen atoms in total. The van der Waals surface area contributed by atoms with Crippen molar-refractivity contribution in [3.63, 3.8) is 0 Å². The lowest BCUT2D eigenvalue weighted by molar-refractivity contribution is -0.130. The standard InChI is InChI=1S/C26H20N2O5/c1-32-19-11-5-9-17-13-20(33-25(17)19)23(29)21-22(18-10-6-12-27-14-18)28(26(31)24(21)30)15-16-7-3-2-4-8-16/h2-14,22,30H,15H2,1H3. The van der Waals surface area contributed by atoms with Gasteiger partial charge in [0.2, 0.25) is 5.78 Å². The maximum Gasteiger partial charge on any atom is 0.290 e. The third-order valence-electron chi connectivity index (χ3n) is 5.70. The van der Waals surface area contributed by atoms with Crippen LogP contribution < -0.4 is 4.74 Å². The molecule has 1 unspecified atom stereocenters. The van der Waals surface area contributed by atoms with E-state index in [1.54, 1.807) is 48.8 Å². The minimum absolute atomic E-state index is 0.0132. The number of carbonyl (C=O) groups excluding carboxylic acids is 2. The summed E-state index contributed by atoms with van der Waals surface area (Å²) in [6.07, 6.45) is 3.20. The zero-order valence-corrected chi connectivity index (χ0v) is 17.8. The van der Waals surface area contributed by atoms with Gasteiger partial charge in [0.15, 0.2) is 22.9 Å². The van der Waals surface area contributed by atoms with Gasteiger partial charge >= 0.3 is 0 Å². The molecule has 4 aromatic rings. The highest BCUT2D eigenvalue weighted by Crippen LogP contribution is 2.40. The molecule has 164 valence electrons. The van der Waals surface area contributed by atoms with Gasteiger partial charge in [-0.15, -0.1) is 0 Å². The van der Waals surface area contributed by atoms with Gasteiger partial charge in [0, 0.05) is 24.3 Å². The Kier molecular flexibility index (Phi) is 5.14. The Labute approximate surface area is 189 Å². The molecule has 2 aromatic heterocycles. The van der Waals surface area contributed by atoms with Crippen molar-refractivity contribution in [3.05, 3.63) is 107 Å². The fraction of sp³-hybridized carbons (Fsp3) is 0.115. The molecule has 1 N–H and O–H groups in total. The van der Waals surface area contributed by atoms with E-state index in [2.05, 4.69) is 4.98 Å². The second-order valence-electron chi connectivity index (χ2n) is 7.69. The number of Topliss-reactive ketones (excluding diaryl/α,β-unsaturated/α-hetero) is 1. The summed E-state index contributed by atoms with van der Waals surface area (Å²) in [5, 5.41) is 11.5. The Balaban J connectivity index is 1.60. The Bertz CT molecular complexity index is 1380. The highest BCUT2D eigenvalue weighted by molar-refractivity contribution is 6.16. The summed E-state index contributed by atoms with van der Waals surface area (Å²) in [4.78, 5) is 32.3. The molecule has 5 rings (SSSR count). The third kappa shape index (κ3) is 3.53. The van der Waals surface area contributed by atoms with Gasteiger partial charge in [-0.3, -0.25) is 14.6 Å². The van der Waals surface area contributed by atoms with Crippen LogP contribution in [0.2, 0.25) is 0 Å². The van der Waals surface area contributed by atoms with Crippen molar-refractivity contribution in [2.45, 2.75) is 12.6 Å². The molecular formula is C26H20N2O5. The Morgan fingerprint density at radius 1 is 1.12 bits per heavy atom. The predicted molar refractivity (Wildman–Crippen MR) is 121 cm³/mol. The normalized spacial score (nSPS) is 16.0. The number of amides is 1. The van der Waals surface area contributed by atoms with E-state index < -0.39 is 23.5 Å². The maximum atomic E-state index is 13.6. The number of ether oxygens (including phenoxy) is 1. The van der Waals surface area contributed by atoms with E-state index >= 15 is 0 Å². The van der Waals surface area contributed by atoms with Gasteiger partial charge < -0.3 is 19.2 Å². The van der Waals surface area contributed by atoms with Gasteiger partial charge in [0.1, 0.15) is 0 Å². The average Bonchev–Trinajstić information content (AvgIpc) is 3.40. The van der Waals surface area contributed by atoms with Crippen molar-refractivity contribution < 1.29 is 23.8 Å². The van der Waals surface area contributed by atoms with Crippen LogP contribution in [-0.2, 0) is 11.3 Å². The average molecular weight is 440 g/mol. The molecule has 0 saturated heterocycles. The van der Waals surface area contributed by atoms with Crippen molar-refractivity contribution in [2.75, 3.05) is 7.11 Å². The van der Waals surface area contributed by atoms with Crippen molar-refractivity contribution in [3.8, 4) is 5.75 Å². The van der Waals surface area contributed by atoms with Crippen LogP contribution >= 0.6 is 0 Å². The fourth-order valence-corrected chi connectivity index (χ4v) is 4.15. The van der Waals surface area contributed by atoms with Gasteiger partial charge in [-0.1, -0.05) is 48.5 Å². The van der Waals surface area contributed by atoms with Crippen LogP contribution in [0.4, 0.5) is 0 Å². The first-order valence-electron chi connectivity index (χ1n) is 10.4. The monoisotopic (exact) mass is 440 g/mol. The number of aliphatic hydroxyl groups is 1. The lowest BCUT2D eigenvalue weighted by Gasteiger charge is -2.26. The van der Waals surface area contributed by atoms with Gasteiger partial charge in [0.05, 0.1) is 18.7 Å². The number of benzene rings is 2. The number of para-hydroxylation sites is 1. The Morgan fingerprint density at radius 2 is 1.94 bits per heavy atom. The van der Waals surface area contributed by atoms with Crippen LogP contribution in [0.5, 0.6) is 5.75 Å². The van der Waals surface area contributed by atoms with E-state index in [9.17, 15) is 14.7 Å². The largest absolute Gasteiger partial charge is 0.503 e. The third-order valence-corrected chi connectivity index (χ3v) is 5.70. The van der Waals surface area contributed by atoms with Gasteiger partial charge in [-0.2, -0.15) is 0 Å². The van der Waals surface area contributed by atoms with Crippen LogP contribution in [0.15, 0.2) is 94.9 Å². The van der Waals surface area contributed by atoms with E-state index in [-0.39, 0.29) is 17.9 Å². The molecule has 0 bridgehead atoms. The summed E-state index contributed by atoms with van der Waals surface area (Å²) in [6.45, 7) is 0.216. The quantitative estimate of drug-likeness (QED) is 0.440. The van der Waals surface area contributed by atoms with Crippen LogP contribution in [0.1, 0.15) is 27.7 Å². The summed E-state index contributed by atoms with van der Waals surface area (Å²) < 4.78 is 11.1. The number of hydrogen-bond acceptors (Lipinski definition) is 6. The number of hydrogen-bond donors (Lipinski definition) is 1. The number of pyridine rings is 1. The molecule has 0 spiro atoms. The van der Waals surface area contributed by atoms with E-state index in [4.69, 9.17) is 9.15 Å². The Hall–Kier alpha value is -4.39. The molecule has 0 aliphatic carbocycles. The van der Waals surface area contributed by atoms with Crippen LogP contribution in [0.3, 0.4) is 0 Å². The number of rotatable bonds is 6. The second-order valence-corrected chi connectivity index (χ2v) is 7.69. The zero-order chi connectivity index (χ0) is 22.9.